The molecule has 10 nitrogen and oxygen atoms in total. The molecule has 0 amide bonds. The third-order valence-electron chi connectivity index (χ3n) is 9.50. The number of carboxylic acids is 2. The number of hydrogen-bond acceptors (Lipinski definition) is 5. The van der Waals surface area contributed by atoms with Crippen LogP contribution in [-0.2, 0) is 9.59 Å². The summed E-state index contributed by atoms with van der Waals surface area (Å²) < 4.78 is 0. The second-order valence-corrected chi connectivity index (χ2v) is 11.7. The monoisotopic (exact) mass is 582 g/mol. The van der Waals surface area contributed by atoms with E-state index in [2.05, 4.69) is 26.8 Å². The lowest BCUT2D eigenvalue weighted by atomic mass is 9.80. The number of aromatic nitrogens is 3. The van der Waals surface area contributed by atoms with Crippen LogP contribution in [0.4, 0.5) is 0 Å². The maximum Gasteiger partial charge on any atom is 0.318 e. The highest BCUT2D eigenvalue weighted by molar-refractivity contribution is 6.19. The maximum atomic E-state index is 13.7. The Kier molecular flexibility index (Phi) is 6.60. The average molecular weight is 583 g/mol. The van der Waals surface area contributed by atoms with Crippen molar-refractivity contribution in [2.24, 2.45) is 17.8 Å². The first-order valence-electron chi connectivity index (χ1n) is 14.3. The number of aliphatic hydroxyl groups is 1. The smallest absolute Gasteiger partial charge is 0.318 e. The lowest BCUT2D eigenvalue weighted by Gasteiger charge is -2.24. The molecule has 10 heteroatoms. The normalized spacial score (nSPS) is 25.4. The van der Waals surface area contributed by atoms with Gasteiger partial charge in [-0.05, 0) is 73.6 Å². The van der Waals surface area contributed by atoms with Gasteiger partial charge in [-0.15, -0.1) is 0 Å². The van der Waals surface area contributed by atoms with E-state index in [1.54, 1.807) is 13.0 Å². The summed E-state index contributed by atoms with van der Waals surface area (Å²) in [4.78, 5) is 48.2. The van der Waals surface area contributed by atoms with Gasteiger partial charge in [0.15, 0.2) is 5.78 Å². The lowest BCUT2D eigenvalue weighted by Crippen LogP contribution is -2.37. The van der Waals surface area contributed by atoms with Crippen LogP contribution in [0.2, 0.25) is 0 Å². The third-order valence-corrected chi connectivity index (χ3v) is 9.50. The van der Waals surface area contributed by atoms with Crippen molar-refractivity contribution in [3.05, 3.63) is 78.4 Å². The predicted molar refractivity (Wildman–Crippen MR) is 163 cm³/mol. The first kappa shape index (κ1) is 28.1. The number of aliphatic hydroxyl groups excluding tert-OH is 1. The highest BCUT2D eigenvalue weighted by atomic mass is 16.4. The second-order valence-electron chi connectivity index (χ2n) is 11.7. The van der Waals surface area contributed by atoms with Crippen LogP contribution < -0.4 is 26.6 Å². The number of ketones is 1. The van der Waals surface area contributed by atoms with Gasteiger partial charge in [-0.3, -0.25) is 14.4 Å². The Morgan fingerprint density at radius 1 is 0.953 bits per heavy atom. The number of carbonyl (C=O) groups is 3. The van der Waals surface area contributed by atoms with E-state index in [0.717, 1.165) is 40.0 Å². The van der Waals surface area contributed by atoms with E-state index in [0.29, 0.717) is 50.1 Å². The molecule has 222 valence electrons. The summed E-state index contributed by atoms with van der Waals surface area (Å²) in [5.41, 5.74) is 7.14. The van der Waals surface area contributed by atoms with E-state index >= 15 is 0 Å². The zero-order valence-corrected chi connectivity index (χ0v) is 24.4. The summed E-state index contributed by atoms with van der Waals surface area (Å²) >= 11 is 0. The fraction of sp³-hybridized carbons (Fsp3) is 0.303. The van der Waals surface area contributed by atoms with E-state index < -0.39 is 29.7 Å². The number of fused-ring (bicyclic) bond motifs is 8. The Bertz CT molecular complexity index is 2040. The van der Waals surface area contributed by atoms with Crippen LogP contribution in [0.25, 0.3) is 36.1 Å². The first-order chi connectivity index (χ1) is 20.5. The number of aromatic amines is 3. The largest absolute Gasteiger partial charge is 0.515 e. The van der Waals surface area contributed by atoms with Gasteiger partial charge in [-0.1, -0.05) is 19.6 Å². The van der Waals surface area contributed by atoms with Crippen molar-refractivity contribution in [3.8, 4) is 0 Å². The summed E-state index contributed by atoms with van der Waals surface area (Å²) in [5.74, 6) is -4.49. The van der Waals surface area contributed by atoms with Crippen LogP contribution in [0.1, 0.15) is 69.5 Å². The van der Waals surface area contributed by atoms with Crippen molar-refractivity contribution < 1.29 is 29.7 Å². The molecule has 2 aliphatic heterocycles. The summed E-state index contributed by atoms with van der Waals surface area (Å²) in [6.07, 6.45) is 8.79. The highest BCUT2D eigenvalue weighted by Crippen LogP contribution is 2.42. The third kappa shape index (κ3) is 4.19. The standard InChI is InChI=1S/C33H34N4O6/c1-6-17-13(2)20-9-22-14(3)18(7-8-26(39)40)30(36-22)28-29(33(42)43)32(41)27-16(5)23(37-31(27)28)10-21-15(4)19(12-38)25(35-21)11-24(17)34-20/h6,9-12,14,18,29-30,34-38H,1,7-8H2,2-5H3,(H,39,40)(H,42,43)/b19-12-,22-9-,23-10-,25-11-/t14-,18-,29+,30?/m0/s1. The molecule has 0 radical (unpaired) electrons. The Balaban J connectivity index is 1.74. The van der Waals surface area contributed by atoms with Gasteiger partial charge < -0.3 is 35.6 Å². The van der Waals surface area contributed by atoms with Crippen molar-refractivity contribution in [2.75, 3.05) is 0 Å². The minimum absolute atomic E-state index is 0.0886. The van der Waals surface area contributed by atoms with Gasteiger partial charge in [0.2, 0.25) is 0 Å². The van der Waals surface area contributed by atoms with Gasteiger partial charge in [-0.2, -0.15) is 0 Å². The Morgan fingerprint density at radius 3 is 2.30 bits per heavy atom. The van der Waals surface area contributed by atoms with Gasteiger partial charge in [0, 0.05) is 56.8 Å². The molecule has 3 aliphatic rings. The SMILES string of the molecule is C=Cc1c2[nH]c(c1C)/C=C1\NC(C3=c4[nH]/c(c(C)c4C(=O)[C@@H]3C(=O)O)=C\c3[nH]c(/c(=C\O)c3C)=C\2)[C@@H](CCC(=O)O)[C@@H]1C. The maximum absolute atomic E-state index is 13.7. The van der Waals surface area contributed by atoms with E-state index in [1.807, 2.05) is 39.0 Å². The molecule has 3 aromatic rings. The number of carbonyl (C=O) groups excluding carboxylic acids is 1. The topological polar surface area (TPSA) is 171 Å². The van der Waals surface area contributed by atoms with Crippen LogP contribution in [0, 0.1) is 38.5 Å². The fourth-order valence-corrected chi connectivity index (χ4v) is 7.11. The molecule has 1 unspecified atom stereocenters. The van der Waals surface area contributed by atoms with Crippen molar-refractivity contribution in [2.45, 2.75) is 46.6 Å². The molecule has 0 spiro atoms. The van der Waals surface area contributed by atoms with Crippen molar-refractivity contribution in [1.29, 1.82) is 0 Å². The predicted octanol–water partition coefficient (Wildman–Crippen LogP) is 1.68. The quantitative estimate of drug-likeness (QED) is 0.224. The molecule has 4 atom stereocenters. The molecule has 1 aliphatic carbocycles. The molecule has 3 aromatic heterocycles. The zero-order valence-electron chi connectivity index (χ0n) is 24.4. The number of Topliss-reactive ketones (excluding diaryl/α,β-unsaturated/α-hetero) is 1. The average Bonchev–Trinajstić information content (AvgIpc) is 3.68. The Hall–Kier alpha value is -4.99. The minimum Gasteiger partial charge on any atom is -0.515 e. The molecule has 8 bridgehead atoms. The van der Waals surface area contributed by atoms with Crippen LogP contribution in [0.5, 0.6) is 0 Å². The van der Waals surface area contributed by atoms with Gasteiger partial charge in [0.1, 0.15) is 5.92 Å². The van der Waals surface area contributed by atoms with Crippen molar-refractivity contribution in [1.82, 2.24) is 20.3 Å². The van der Waals surface area contributed by atoms with Crippen LogP contribution >= 0.6 is 0 Å². The molecule has 1 fully saturated rings. The second kappa shape index (κ2) is 10.1. The van der Waals surface area contributed by atoms with Crippen LogP contribution in [-0.4, -0.2) is 54.0 Å². The zero-order chi connectivity index (χ0) is 30.9. The van der Waals surface area contributed by atoms with E-state index in [4.69, 9.17) is 0 Å². The molecule has 0 saturated carbocycles. The molecule has 0 aromatic carbocycles. The number of nitrogens with one attached hydrogen (secondary N) is 4. The Labute approximate surface area is 246 Å². The summed E-state index contributed by atoms with van der Waals surface area (Å²) in [6.45, 7) is 11.7. The van der Waals surface area contributed by atoms with Gasteiger partial charge >= 0.3 is 11.9 Å². The fourth-order valence-electron chi connectivity index (χ4n) is 7.11. The number of allylic oxidation sites excluding steroid dienone is 1. The number of carboxylic acid groups (broad SMARTS) is 2. The molecule has 6 rings (SSSR count). The highest BCUT2D eigenvalue weighted by Gasteiger charge is 2.48. The first-order valence-corrected chi connectivity index (χ1v) is 14.3. The molecule has 43 heavy (non-hydrogen) atoms. The van der Waals surface area contributed by atoms with Gasteiger partial charge in [0.05, 0.1) is 23.0 Å². The Morgan fingerprint density at radius 2 is 1.65 bits per heavy atom. The van der Waals surface area contributed by atoms with Crippen LogP contribution in [0.3, 0.4) is 0 Å². The van der Waals surface area contributed by atoms with Gasteiger partial charge in [0.25, 0.3) is 0 Å². The molecular weight excluding hydrogens is 548 g/mol. The van der Waals surface area contributed by atoms with Crippen LogP contribution in [0.15, 0.2) is 12.3 Å². The van der Waals surface area contributed by atoms with Crippen molar-refractivity contribution >= 4 is 53.9 Å². The number of hydrogen-bond donors (Lipinski definition) is 7. The van der Waals surface area contributed by atoms with E-state index in [9.17, 15) is 29.7 Å². The lowest BCUT2D eigenvalue weighted by molar-refractivity contribution is -0.139. The summed E-state index contributed by atoms with van der Waals surface area (Å²) in [7, 11) is 0. The molecule has 5 heterocycles. The molecular formula is C33H34N4O6. The van der Waals surface area contributed by atoms with Gasteiger partial charge in [-0.25, -0.2) is 0 Å². The molecule has 1 saturated heterocycles. The summed E-state index contributed by atoms with van der Waals surface area (Å²) in [6, 6.07) is -0.583. The number of aliphatic carboxylic acids is 2. The number of rotatable bonds is 5. The summed E-state index contributed by atoms with van der Waals surface area (Å²) in [5, 5.41) is 35.9. The number of H-pyrrole nitrogens is 3. The van der Waals surface area contributed by atoms with E-state index in [1.165, 1.54) is 0 Å². The van der Waals surface area contributed by atoms with E-state index in [-0.39, 0.29) is 18.3 Å². The molecule has 7 N–H and O–H groups in total. The minimum atomic E-state index is -1.39. The van der Waals surface area contributed by atoms with Crippen molar-refractivity contribution in [3.63, 3.8) is 0 Å².